The normalized spacial score (nSPS) is 16.0. The molecule has 0 aliphatic carbocycles. The number of hydrogen-bond donors (Lipinski definition) is 2. The molecule has 3 aromatic rings. The average molecular weight is 413 g/mol. The molecule has 3 heterocycles. The largest absolute Gasteiger partial charge is 0.480 e. The smallest absolute Gasteiger partial charge is 0.325 e. The SMILES string of the molecule is O=C(O)Cn1cc([C@@H](C(=O)O)N2CCN(c3ncccn3)CC2)c2ccc(F)cc21. The molecule has 30 heavy (non-hydrogen) atoms. The molecule has 156 valence electrons. The lowest BCUT2D eigenvalue weighted by Gasteiger charge is -2.37. The molecule has 1 fully saturated rings. The fraction of sp³-hybridized carbons (Fsp3) is 0.300. The molecule has 0 saturated carbocycles. The summed E-state index contributed by atoms with van der Waals surface area (Å²) in [4.78, 5) is 35.7. The van der Waals surface area contributed by atoms with Gasteiger partial charge < -0.3 is 19.7 Å². The number of hydrogen-bond acceptors (Lipinski definition) is 6. The van der Waals surface area contributed by atoms with Gasteiger partial charge in [-0.15, -0.1) is 0 Å². The van der Waals surface area contributed by atoms with Crippen LogP contribution in [0.2, 0.25) is 0 Å². The van der Waals surface area contributed by atoms with Gasteiger partial charge in [0.25, 0.3) is 0 Å². The van der Waals surface area contributed by atoms with Crippen LogP contribution in [0.15, 0.2) is 42.9 Å². The summed E-state index contributed by atoms with van der Waals surface area (Å²) in [5, 5.41) is 19.7. The Hall–Kier alpha value is -3.53. The predicted molar refractivity (Wildman–Crippen MR) is 106 cm³/mol. The van der Waals surface area contributed by atoms with Gasteiger partial charge in [0.05, 0.1) is 5.52 Å². The molecule has 1 saturated heterocycles. The van der Waals surface area contributed by atoms with E-state index in [0.717, 1.165) is 0 Å². The third kappa shape index (κ3) is 3.81. The van der Waals surface area contributed by atoms with Crippen molar-refractivity contribution >= 4 is 28.8 Å². The monoisotopic (exact) mass is 413 g/mol. The third-order valence-electron chi connectivity index (χ3n) is 5.22. The summed E-state index contributed by atoms with van der Waals surface area (Å²) >= 11 is 0. The first-order chi connectivity index (χ1) is 14.4. The Morgan fingerprint density at radius 3 is 2.43 bits per heavy atom. The molecular formula is C20H20FN5O4. The molecule has 1 aromatic carbocycles. The number of aromatic nitrogens is 3. The molecule has 9 nitrogen and oxygen atoms in total. The Morgan fingerprint density at radius 2 is 1.80 bits per heavy atom. The standard InChI is InChI=1S/C20H20FN5O4/c21-13-2-3-14-15(11-26(12-17(27)28)16(14)10-13)18(19(29)30)24-6-8-25(9-7-24)20-22-4-1-5-23-20/h1-5,10-11,18H,6-9,12H2,(H,27,28)(H,29,30)/t18-/m0/s1. The van der Waals surface area contributed by atoms with E-state index in [9.17, 15) is 24.2 Å². The van der Waals surface area contributed by atoms with Gasteiger partial charge >= 0.3 is 11.9 Å². The molecule has 0 amide bonds. The van der Waals surface area contributed by atoms with E-state index in [1.54, 1.807) is 18.5 Å². The zero-order valence-electron chi connectivity index (χ0n) is 16.0. The number of rotatable bonds is 6. The van der Waals surface area contributed by atoms with E-state index < -0.39 is 23.8 Å². The van der Waals surface area contributed by atoms with Crippen molar-refractivity contribution in [3.8, 4) is 0 Å². The quantitative estimate of drug-likeness (QED) is 0.627. The number of carbonyl (C=O) groups is 2. The highest BCUT2D eigenvalue weighted by Crippen LogP contribution is 2.32. The van der Waals surface area contributed by atoms with Crippen LogP contribution in [0.4, 0.5) is 10.3 Å². The molecule has 0 bridgehead atoms. The van der Waals surface area contributed by atoms with Crippen LogP contribution < -0.4 is 4.90 Å². The fourth-order valence-corrected chi connectivity index (χ4v) is 3.91. The van der Waals surface area contributed by atoms with Gasteiger partial charge in [-0.1, -0.05) is 0 Å². The van der Waals surface area contributed by atoms with Crippen molar-refractivity contribution in [2.45, 2.75) is 12.6 Å². The summed E-state index contributed by atoms with van der Waals surface area (Å²) in [6.45, 7) is 1.64. The highest BCUT2D eigenvalue weighted by molar-refractivity contribution is 5.90. The first-order valence-corrected chi connectivity index (χ1v) is 9.43. The van der Waals surface area contributed by atoms with E-state index >= 15 is 0 Å². The van der Waals surface area contributed by atoms with E-state index in [2.05, 4.69) is 9.97 Å². The van der Waals surface area contributed by atoms with Crippen LogP contribution in [0.3, 0.4) is 0 Å². The van der Waals surface area contributed by atoms with E-state index in [1.165, 1.54) is 29.0 Å². The van der Waals surface area contributed by atoms with Crippen LogP contribution in [-0.4, -0.2) is 67.8 Å². The first kappa shape index (κ1) is 19.8. The number of fused-ring (bicyclic) bond motifs is 1. The minimum absolute atomic E-state index is 0.356. The van der Waals surface area contributed by atoms with E-state index in [4.69, 9.17) is 0 Å². The lowest BCUT2D eigenvalue weighted by Crippen LogP contribution is -2.49. The first-order valence-electron chi connectivity index (χ1n) is 9.43. The van der Waals surface area contributed by atoms with Crippen LogP contribution in [-0.2, 0) is 16.1 Å². The van der Waals surface area contributed by atoms with Crippen LogP contribution in [0.1, 0.15) is 11.6 Å². The van der Waals surface area contributed by atoms with Crippen molar-refractivity contribution in [3.63, 3.8) is 0 Å². The van der Waals surface area contributed by atoms with Gasteiger partial charge in [-0.3, -0.25) is 14.5 Å². The molecule has 2 N–H and O–H groups in total. The number of piperazine rings is 1. The van der Waals surface area contributed by atoms with Gasteiger partial charge in [-0.25, -0.2) is 14.4 Å². The second-order valence-electron chi connectivity index (χ2n) is 7.08. The number of nitrogens with zero attached hydrogens (tertiary/aromatic N) is 5. The maximum Gasteiger partial charge on any atom is 0.325 e. The van der Waals surface area contributed by atoms with Crippen molar-refractivity contribution < 1.29 is 24.2 Å². The van der Waals surface area contributed by atoms with Crippen molar-refractivity contribution in [2.75, 3.05) is 31.1 Å². The zero-order valence-corrected chi connectivity index (χ0v) is 16.0. The van der Waals surface area contributed by atoms with Crippen molar-refractivity contribution in [3.05, 3.63) is 54.2 Å². The van der Waals surface area contributed by atoms with Crippen LogP contribution in [0.25, 0.3) is 10.9 Å². The van der Waals surface area contributed by atoms with E-state index in [1.807, 2.05) is 9.80 Å². The Morgan fingerprint density at radius 1 is 1.10 bits per heavy atom. The maximum absolute atomic E-state index is 13.8. The van der Waals surface area contributed by atoms with E-state index in [-0.39, 0.29) is 6.54 Å². The predicted octanol–water partition coefficient (Wildman–Crippen LogP) is 1.60. The molecular weight excluding hydrogens is 393 g/mol. The second-order valence-corrected chi connectivity index (χ2v) is 7.08. The molecule has 2 aromatic heterocycles. The summed E-state index contributed by atoms with van der Waals surface area (Å²) < 4.78 is 15.2. The van der Waals surface area contributed by atoms with Crippen LogP contribution in [0.5, 0.6) is 0 Å². The Balaban J connectivity index is 1.65. The molecule has 1 aliphatic heterocycles. The summed E-state index contributed by atoms with van der Waals surface area (Å²) in [6.07, 6.45) is 4.82. The molecule has 4 rings (SSSR count). The molecule has 0 radical (unpaired) electrons. The van der Waals surface area contributed by atoms with Crippen molar-refractivity contribution in [1.29, 1.82) is 0 Å². The molecule has 10 heteroatoms. The zero-order chi connectivity index (χ0) is 21.3. The van der Waals surface area contributed by atoms with Crippen molar-refractivity contribution in [1.82, 2.24) is 19.4 Å². The molecule has 1 aliphatic rings. The topological polar surface area (TPSA) is 112 Å². The number of carboxylic acid groups (broad SMARTS) is 2. The summed E-state index contributed by atoms with van der Waals surface area (Å²) in [5.74, 6) is -2.05. The number of aliphatic carboxylic acids is 2. The lowest BCUT2D eigenvalue weighted by atomic mass is 10.0. The number of carboxylic acids is 2. The lowest BCUT2D eigenvalue weighted by molar-refractivity contribution is -0.143. The van der Waals surface area contributed by atoms with Gasteiger partial charge in [-0.2, -0.15) is 0 Å². The fourth-order valence-electron chi connectivity index (χ4n) is 3.91. The third-order valence-corrected chi connectivity index (χ3v) is 5.22. The highest BCUT2D eigenvalue weighted by Gasteiger charge is 2.33. The molecule has 0 spiro atoms. The van der Waals surface area contributed by atoms with Gasteiger partial charge in [0, 0.05) is 55.7 Å². The minimum atomic E-state index is -1.09. The Bertz CT molecular complexity index is 1080. The van der Waals surface area contributed by atoms with Gasteiger partial charge in [0.1, 0.15) is 18.4 Å². The maximum atomic E-state index is 13.8. The summed E-state index contributed by atoms with van der Waals surface area (Å²) in [7, 11) is 0. The minimum Gasteiger partial charge on any atom is -0.480 e. The summed E-state index contributed by atoms with van der Waals surface area (Å²) in [6, 6.07) is 4.73. The molecule has 1 atom stereocenters. The van der Waals surface area contributed by atoms with Gasteiger partial charge in [-0.05, 0) is 24.3 Å². The Labute approximate surface area is 171 Å². The number of benzene rings is 1. The summed E-state index contributed by atoms with van der Waals surface area (Å²) in [5.41, 5.74) is 0.804. The Kier molecular flexibility index (Phi) is 5.32. The van der Waals surface area contributed by atoms with Crippen LogP contribution in [0, 0.1) is 5.82 Å². The van der Waals surface area contributed by atoms with Gasteiger partial charge in [0.2, 0.25) is 5.95 Å². The number of anilines is 1. The second kappa shape index (κ2) is 8.07. The highest BCUT2D eigenvalue weighted by atomic mass is 19.1. The average Bonchev–Trinajstić information content (AvgIpc) is 3.05. The van der Waals surface area contributed by atoms with Crippen LogP contribution >= 0.6 is 0 Å². The van der Waals surface area contributed by atoms with Gasteiger partial charge in [0.15, 0.2) is 0 Å². The number of halogens is 1. The van der Waals surface area contributed by atoms with E-state index in [0.29, 0.717) is 48.6 Å². The van der Waals surface area contributed by atoms with Crippen molar-refractivity contribution in [2.24, 2.45) is 0 Å². The molecule has 0 unspecified atom stereocenters.